The maximum Gasteiger partial charge on any atom is 0.136 e. The van der Waals surface area contributed by atoms with Crippen LogP contribution in [0.25, 0.3) is 0 Å². The average Bonchev–Trinajstić information content (AvgIpc) is 2.06. The SMILES string of the molecule is [2H]C(C)(C(C)=O)c1ccccc1. The van der Waals surface area contributed by atoms with Crippen molar-refractivity contribution >= 4 is 5.78 Å². The Bertz CT molecular complexity index is 277. The van der Waals surface area contributed by atoms with E-state index in [9.17, 15) is 4.79 Å². The molecule has 0 spiro atoms. The van der Waals surface area contributed by atoms with Crippen LogP contribution in [0.2, 0.25) is 0 Å². The van der Waals surface area contributed by atoms with E-state index in [0.29, 0.717) is 0 Å². The molecule has 1 aromatic rings. The largest absolute Gasteiger partial charge is 0.299 e. The fourth-order valence-electron chi connectivity index (χ4n) is 0.891. The third kappa shape index (κ3) is 1.90. The first kappa shape index (κ1) is 6.59. The van der Waals surface area contributed by atoms with Crippen molar-refractivity contribution < 1.29 is 6.17 Å². The van der Waals surface area contributed by atoms with Crippen molar-refractivity contribution in [3.05, 3.63) is 35.9 Å². The van der Waals surface area contributed by atoms with Crippen LogP contribution in [0.5, 0.6) is 0 Å². The van der Waals surface area contributed by atoms with Gasteiger partial charge in [-0.2, -0.15) is 0 Å². The first-order chi connectivity index (χ1) is 5.55. The van der Waals surface area contributed by atoms with E-state index in [1.165, 1.54) is 6.92 Å². The number of ketones is 1. The third-order valence-corrected chi connectivity index (χ3v) is 1.73. The Morgan fingerprint density at radius 3 is 2.45 bits per heavy atom. The summed E-state index contributed by atoms with van der Waals surface area (Å²) < 4.78 is 7.77. The van der Waals surface area contributed by atoms with Crippen molar-refractivity contribution in [2.24, 2.45) is 0 Å². The fourth-order valence-corrected chi connectivity index (χ4v) is 0.891. The fraction of sp³-hybridized carbons (Fsp3) is 0.300. The highest BCUT2D eigenvalue weighted by molar-refractivity contribution is 5.82. The van der Waals surface area contributed by atoms with Crippen LogP contribution in [0.4, 0.5) is 0 Å². The summed E-state index contributed by atoms with van der Waals surface area (Å²) in [4.78, 5) is 11.1. The summed E-state index contributed by atoms with van der Waals surface area (Å²) in [7, 11) is 0. The van der Waals surface area contributed by atoms with Crippen LogP contribution in [0.15, 0.2) is 30.3 Å². The Balaban J connectivity index is 3.06. The molecule has 0 aliphatic heterocycles. The van der Waals surface area contributed by atoms with Gasteiger partial charge < -0.3 is 0 Å². The molecule has 0 saturated heterocycles. The number of hydrogen-bond acceptors (Lipinski definition) is 1. The molecule has 1 nitrogen and oxygen atoms in total. The Labute approximate surface area is 68.5 Å². The second-order valence-corrected chi connectivity index (χ2v) is 2.55. The Morgan fingerprint density at radius 1 is 1.45 bits per heavy atom. The van der Waals surface area contributed by atoms with Gasteiger partial charge in [-0.15, -0.1) is 0 Å². The molecule has 1 heteroatoms. The molecular formula is C10H12O. The second kappa shape index (κ2) is 3.33. The van der Waals surface area contributed by atoms with E-state index in [2.05, 4.69) is 0 Å². The quantitative estimate of drug-likeness (QED) is 0.631. The van der Waals surface area contributed by atoms with Crippen LogP contribution in [0, 0.1) is 0 Å². The van der Waals surface area contributed by atoms with Gasteiger partial charge in [0.1, 0.15) is 5.78 Å². The van der Waals surface area contributed by atoms with Gasteiger partial charge in [-0.05, 0) is 12.5 Å². The molecule has 0 amide bonds. The van der Waals surface area contributed by atoms with E-state index >= 15 is 0 Å². The molecule has 0 saturated carbocycles. The molecule has 0 aliphatic rings. The summed E-state index contributed by atoms with van der Waals surface area (Å²) in [6.07, 6.45) is 0. The minimum absolute atomic E-state index is 0.131. The van der Waals surface area contributed by atoms with E-state index in [1.807, 2.05) is 18.2 Å². The molecular weight excluding hydrogens is 136 g/mol. The number of carbonyl (C=O) groups excluding carboxylic acids is 1. The lowest BCUT2D eigenvalue weighted by Crippen LogP contribution is -2.03. The van der Waals surface area contributed by atoms with Gasteiger partial charge in [-0.3, -0.25) is 4.79 Å². The van der Waals surface area contributed by atoms with Crippen molar-refractivity contribution in [3.8, 4) is 0 Å². The zero-order chi connectivity index (χ0) is 9.19. The molecule has 11 heavy (non-hydrogen) atoms. The summed E-state index contributed by atoms with van der Waals surface area (Å²) >= 11 is 0. The van der Waals surface area contributed by atoms with E-state index in [4.69, 9.17) is 1.37 Å². The van der Waals surface area contributed by atoms with Gasteiger partial charge in [0.15, 0.2) is 0 Å². The zero-order valence-corrected chi connectivity index (χ0v) is 6.79. The van der Waals surface area contributed by atoms with Gasteiger partial charge in [-0.25, -0.2) is 0 Å². The Kier molecular flexibility index (Phi) is 2.00. The van der Waals surface area contributed by atoms with Crippen LogP contribution in [0.3, 0.4) is 0 Å². The Morgan fingerprint density at radius 2 is 2.00 bits per heavy atom. The maximum absolute atomic E-state index is 11.1. The normalized spacial score (nSPS) is 16.7. The van der Waals surface area contributed by atoms with Gasteiger partial charge in [0.25, 0.3) is 0 Å². The van der Waals surface area contributed by atoms with Crippen LogP contribution in [-0.2, 0) is 4.79 Å². The smallest absolute Gasteiger partial charge is 0.136 e. The molecule has 58 valence electrons. The lowest BCUT2D eigenvalue weighted by molar-refractivity contribution is -0.118. The molecule has 0 fully saturated rings. The number of rotatable bonds is 2. The average molecular weight is 149 g/mol. The molecule has 1 aromatic carbocycles. The molecule has 1 rings (SSSR count). The molecule has 1 unspecified atom stereocenters. The minimum Gasteiger partial charge on any atom is -0.299 e. The lowest BCUT2D eigenvalue weighted by Gasteiger charge is -2.05. The second-order valence-electron chi connectivity index (χ2n) is 2.55. The van der Waals surface area contributed by atoms with Crippen LogP contribution >= 0.6 is 0 Å². The molecule has 1 atom stereocenters. The summed E-state index contributed by atoms with van der Waals surface area (Å²) in [6.45, 7) is 3.06. The van der Waals surface area contributed by atoms with Gasteiger partial charge in [0, 0.05) is 7.26 Å². The predicted molar refractivity (Wildman–Crippen MR) is 45.5 cm³/mol. The summed E-state index contributed by atoms with van der Waals surface area (Å²) in [5, 5.41) is 0. The van der Waals surface area contributed by atoms with Crippen LogP contribution in [0.1, 0.15) is 26.7 Å². The van der Waals surface area contributed by atoms with Crippen molar-refractivity contribution in [2.45, 2.75) is 19.7 Å². The molecule has 0 bridgehead atoms. The highest BCUT2D eigenvalue weighted by Crippen LogP contribution is 2.14. The molecule has 0 aliphatic carbocycles. The molecule has 0 heterocycles. The minimum atomic E-state index is -1.10. The van der Waals surface area contributed by atoms with Gasteiger partial charge in [0.2, 0.25) is 0 Å². The van der Waals surface area contributed by atoms with Crippen molar-refractivity contribution in [1.82, 2.24) is 0 Å². The third-order valence-electron chi connectivity index (χ3n) is 1.73. The van der Waals surface area contributed by atoms with E-state index < -0.39 is 5.89 Å². The van der Waals surface area contributed by atoms with Crippen LogP contribution in [-0.4, -0.2) is 5.78 Å². The number of Topliss-reactive ketones (excluding diaryl/α,β-unsaturated/α-hetero) is 1. The highest BCUT2D eigenvalue weighted by atomic mass is 16.1. The van der Waals surface area contributed by atoms with Crippen molar-refractivity contribution in [2.75, 3.05) is 0 Å². The lowest BCUT2D eigenvalue weighted by atomic mass is 9.98. The first-order valence-corrected chi connectivity index (χ1v) is 3.61. The summed E-state index contributed by atoms with van der Waals surface area (Å²) in [5.41, 5.74) is 0.748. The maximum atomic E-state index is 11.1. The summed E-state index contributed by atoms with van der Waals surface area (Å²) in [6, 6.07) is 9.15. The van der Waals surface area contributed by atoms with Gasteiger partial charge >= 0.3 is 0 Å². The molecule has 0 N–H and O–H groups in total. The monoisotopic (exact) mass is 149 g/mol. The summed E-state index contributed by atoms with van der Waals surface area (Å²) in [5.74, 6) is -1.23. The molecule has 0 aromatic heterocycles. The van der Waals surface area contributed by atoms with E-state index in [1.54, 1.807) is 19.1 Å². The standard InChI is InChI=1S/C10H12O/c1-8(9(2)11)10-6-4-3-5-7-10/h3-8H,1-2H3/i8D. The zero-order valence-electron chi connectivity index (χ0n) is 7.79. The van der Waals surface area contributed by atoms with Crippen LogP contribution < -0.4 is 0 Å². The van der Waals surface area contributed by atoms with E-state index in [0.717, 1.165) is 5.56 Å². The predicted octanol–water partition coefficient (Wildman–Crippen LogP) is 2.38. The number of benzene rings is 1. The topological polar surface area (TPSA) is 17.1 Å². The van der Waals surface area contributed by atoms with Gasteiger partial charge in [0.05, 0.1) is 0 Å². The van der Waals surface area contributed by atoms with Crippen molar-refractivity contribution in [3.63, 3.8) is 0 Å². The first-order valence-electron chi connectivity index (χ1n) is 4.11. The van der Waals surface area contributed by atoms with Crippen molar-refractivity contribution in [1.29, 1.82) is 0 Å². The van der Waals surface area contributed by atoms with Gasteiger partial charge in [-0.1, -0.05) is 37.3 Å². The number of hydrogen-bond donors (Lipinski definition) is 0. The highest BCUT2D eigenvalue weighted by Gasteiger charge is 2.08. The Hall–Kier alpha value is -1.11. The number of carbonyl (C=O) groups is 1. The van der Waals surface area contributed by atoms with E-state index in [-0.39, 0.29) is 5.78 Å². The molecule has 0 radical (unpaired) electrons.